The van der Waals surface area contributed by atoms with Crippen molar-refractivity contribution < 1.29 is 40.3 Å². The molecule has 15 heteroatoms. The van der Waals surface area contributed by atoms with Crippen LogP contribution in [0.3, 0.4) is 0 Å². The standard InChI is InChI=1S/C28H37F7N6O2/c1-15-11-19-21(8-7-9-40(25(42)43-26(3,4)5)22(19)13-20(15)28(33,34)35)41(24-36-38-39(6)37-24)14-17-12-18(27(30,31)32)10-16(2)23(17)29/h11,13,16-18,21,23H,7-10,12,14H2,1-6H3/t16?,17?,18-,21+,23?/m1/s1. The van der Waals surface area contributed by atoms with E-state index in [-0.39, 0.29) is 43.1 Å². The maximum Gasteiger partial charge on any atom is 0.416 e. The number of hydrogen-bond donors (Lipinski definition) is 0. The lowest BCUT2D eigenvalue weighted by Gasteiger charge is -2.41. The number of aryl methyl sites for hydroxylation is 2. The number of carbonyl (C=O) groups is 1. The lowest BCUT2D eigenvalue weighted by Crippen LogP contribution is -2.45. The summed E-state index contributed by atoms with van der Waals surface area (Å²) in [4.78, 5) is 17.1. The van der Waals surface area contributed by atoms with Gasteiger partial charge in [0.15, 0.2) is 0 Å². The van der Waals surface area contributed by atoms with Crippen molar-refractivity contribution >= 4 is 17.7 Å². The van der Waals surface area contributed by atoms with Crippen LogP contribution >= 0.6 is 0 Å². The zero-order valence-electron chi connectivity index (χ0n) is 24.9. The Morgan fingerprint density at radius 3 is 2.35 bits per heavy atom. The van der Waals surface area contributed by atoms with Crippen LogP contribution in [-0.4, -0.2) is 57.3 Å². The van der Waals surface area contributed by atoms with Gasteiger partial charge in [-0.3, -0.25) is 4.90 Å². The van der Waals surface area contributed by atoms with Gasteiger partial charge in [-0.15, -0.1) is 5.10 Å². The Labute approximate surface area is 245 Å². The highest BCUT2D eigenvalue weighted by molar-refractivity contribution is 5.90. The van der Waals surface area contributed by atoms with Crippen molar-refractivity contribution in [2.45, 2.75) is 90.5 Å². The van der Waals surface area contributed by atoms with Gasteiger partial charge in [-0.05, 0) is 81.7 Å². The van der Waals surface area contributed by atoms with E-state index in [1.807, 2.05) is 0 Å². The molecule has 1 amide bonds. The number of hydrogen-bond acceptors (Lipinski definition) is 6. The molecule has 0 bridgehead atoms. The molecule has 1 aliphatic carbocycles. The summed E-state index contributed by atoms with van der Waals surface area (Å²) in [6.07, 6.45) is -11.9. The number of tetrazole rings is 1. The van der Waals surface area contributed by atoms with E-state index < -0.39 is 66.0 Å². The summed E-state index contributed by atoms with van der Waals surface area (Å²) in [7, 11) is 1.49. The summed E-state index contributed by atoms with van der Waals surface area (Å²) in [6.45, 7) is 7.43. The zero-order valence-corrected chi connectivity index (χ0v) is 24.9. The molecule has 0 N–H and O–H groups in total. The van der Waals surface area contributed by atoms with Crippen LogP contribution in [0, 0.1) is 24.7 Å². The maximum absolute atomic E-state index is 15.6. The molecule has 1 aromatic carbocycles. The number of rotatable bonds is 4. The minimum Gasteiger partial charge on any atom is -0.443 e. The fourth-order valence-corrected chi connectivity index (χ4v) is 6.14. The van der Waals surface area contributed by atoms with Gasteiger partial charge in [-0.1, -0.05) is 18.1 Å². The molecular weight excluding hydrogens is 585 g/mol. The van der Waals surface area contributed by atoms with E-state index in [1.54, 1.807) is 20.8 Å². The number of carbonyl (C=O) groups excluding carboxylic acids is 1. The first-order valence-electron chi connectivity index (χ1n) is 14.2. The third kappa shape index (κ3) is 7.34. The van der Waals surface area contributed by atoms with E-state index in [2.05, 4.69) is 15.4 Å². The number of alkyl halides is 7. The Morgan fingerprint density at radius 2 is 1.79 bits per heavy atom. The van der Waals surface area contributed by atoms with Gasteiger partial charge in [-0.25, -0.2) is 9.18 Å². The van der Waals surface area contributed by atoms with Gasteiger partial charge in [0, 0.05) is 19.0 Å². The molecule has 0 radical (unpaired) electrons. The number of ether oxygens (including phenoxy) is 1. The Bertz CT molecular complexity index is 1310. The predicted molar refractivity (Wildman–Crippen MR) is 144 cm³/mol. The predicted octanol–water partition coefficient (Wildman–Crippen LogP) is 7.18. The van der Waals surface area contributed by atoms with Crippen LogP contribution in [0.25, 0.3) is 0 Å². The number of aromatic nitrogens is 4. The maximum atomic E-state index is 15.6. The second-order valence-electron chi connectivity index (χ2n) is 12.6. The normalized spacial score (nSPS) is 25.2. The highest BCUT2D eigenvalue weighted by atomic mass is 19.4. The van der Waals surface area contributed by atoms with E-state index >= 15 is 4.39 Å². The molecule has 1 fully saturated rings. The number of fused-ring (bicyclic) bond motifs is 1. The summed E-state index contributed by atoms with van der Waals surface area (Å²) >= 11 is 0. The van der Waals surface area contributed by atoms with Crippen molar-refractivity contribution in [3.63, 3.8) is 0 Å². The second-order valence-corrected chi connectivity index (χ2v) is 12.6. The highest BCUT2D eigenvalue weighted by Crippen LogP contribution is 2.47. The molecule has 2 aromatic rings. The topological polar surface area (TPSA) is 76.4 Å². The molecule has 3 unspecified atom stereocenters. The molecule has 4 rings (SSSR count). The minimum atomic E-state index is -4.72. The molecule has 8 nitrogen and oxygen atoms in total. The SMILES string of the molecule is Cc1cc2c(cc1C(F)(F)F)N(C(=O)OC(C)(C)C)CCC[C@@H]2N(CC1C[C@H](C(F)(F)F)CC(C)C1F)c1nnn(C)n1. The van der Waals surface area contributed by atoms with Gasteiger partial charge in [0.05, 0.1) is 30.3 Å². The molecule has 0 spiro atoms. The van der Waals surface area contributed by atoms with Gasteiger partial charge in [-0.2, -0.15) is 31.1 Å². The van der Waals surface area contributed by atoms with Crippen molar-refractivity contribution in [1.29, 1.82) is 0 Å². The second kappa shape index (κ2) is 11.8. The lowest BCUT2D eigenvalue weighted by atomic mass is 9.74. The van der Waals surface area contributed by atoms with Gasteiger partial charge < -0.3 is 9.64 Å². The van der Waals surface area contributed by atoms with E-state index in [0.29, 0.717) is 12.0 Å². The van der Waals surface area contributed by atoms with E-state index in [9.17, 15) is 31.1 Å². The van der Waals surface area contributed by atoms with E-state index in [4.69, 9.17) is 4.74 Å². The first-order chi connectivity index (χ1) is 19.8. The number of amides is 1. The Hall–Kier alpha value is -3.13. The Morgan fingerprint density at radius 1 is 1.12 bits per heavy atom. The summed E-state index contributed by atoms with van der Waals surface area (Å²) < 4.78 is 105. The smallest absolute Gasteiger partial charge is 0.416 e. The molecule has 0 saturated heterocycles. The monoisotopic (exact) mass is 622 g/mol. The van der Waals surface area contributed by atoms with Crippen molar-refractivity contribution in [1.82, 2.24) is 20.2 Å². The highest BCUT2D eigenvalue weighted by Gasteiger charge is 2.49. The Balaban J connectivity index is 1.84. The molecule has 5 atom stereocenters. The molecule has 1 aliphatic heterocycles. The van der Waals surface area contributed by atoms with Crippen molar-refractivity contribution in [2.75, 3.05) is 22.9 Å². The average molecular weight is 623 g/mol. The number of nitrogens with zero attached hydrogens (tertiary/aromatic N) is 6. The summed E-state index contributed by atoms with van der Waals surface area (Å²) in [5, 5.41) is 12.1. The molecule has 2 aliphatic rings. The largest absolute Gasteiger partial charge is 0.443 e. The van der Waals surface area contributed by atoms with E-state index in [1.165, 1.54) is 31.9 Å². The first kappa shape index (κ1) is 32.8. The fraction of sp³-hybridized carbons (Fsp3) is 0.714. The summed E-state index contributed by atoms with van der Waals surface area (Å²) in [5.41, 5.74) is -1.74. The summed E-state index contributed by atoms with van der Waals surface area (Å²) in [6, 6.07) is 1.42. The molecule has 1 aromatic heterocycles. The van der Waals surface area contributed by atoms with Crippen LogP contribution in [-0.2, 0) is 18.0 Å². The molecule has 240 valence electrons. The van der Waals surface area contributed by atoms with Crippen LogP contribution in [0.2, 0.25) is 0 Å². The quantitative estimate of drug-likeness (QED) is 0.336. The van der Waals surface area contributed by atoms with Crippen LogP contribution in [0.15, 0.2) is 12.1 Å². The first-order valence-corrected chi connectivity index (χ1v) is 14.2. The van der Waals surface area contributed by atoms with Crippen molar-refractivity contribution in [3.05, 3.63) is 28.8 Å². The molecule has 2 heterocycles. The number of anilines is 2. The van der Waals surface area contributed by atoms with Crippen LogP contribution in [0.1, 0.15) is 76.1 Å². The molecule has 1 saturated carbocycles. The van der Waals surface area contributed by atoms with E-state index in [0.717, 1.165) is 15.8 Å². The molecular formula is C28H37F7N6O2. The fourth-order valence-electron chi connectivity index (χ4n) is 6.14. The third-order valence-electron chi connectivity index (χ3n) is 8.06. The van der Waals surface area contributed by atoms with Crippen molar-refractivity contribution in [3.8, 4) is 0 Å². The molecule has 43 heavy (non-hydrogen) atoms. The number of halogens is 7. The summed E-state index contributed by atoms with van der Waals surface area (Å²) in [5.74, 6) is -3.63. The van der Waals surface area contributed by atoms with Crippen LogP contribution < -0.4 is 9.80 Å². The van der Waals surface area contributed by atoms with Gasteiger partial charge in [0.2, 0.25) is 0 Å². The van der Waals surface area contributed by atoms with Gasteiger partial charge >= 0.3 is 18.4 Å². The van der Waals surface area contributed by atoms with Gasteiger partial charge in [0.25, 0.3) is 5.95 Å². The van der Waals surface area contributed by atoms with Gasteiger partial charge in [0.1, 0.15) is 11.8 Å². The lowest BCUT2D eigenvalue weighted by molar-refractivity contribution is -0.194. The minimum absolute atomic E-state index is 0.00398. The van der Waals surface area contributed by atoms with Crippen LogP contribution in [0.4, 0.5) is 47.2 Å². The van der Waals surface area contributed by atoms with Crippen molar-refractivity contribution in [2.24, 2.45) is 24.8 Å². The third-order valence-corrected chi connectivity index (χ3v) is 8.06. The average Bonchev–Trinajstić information content (AvgIpc) is 3.20. The Kier molecular flexibility index (Phi) is 8.96. The van der Waals surface area contributed by atoms with Crippen LogP contribution in [0.5, 0.6) is 0 Å². The number of benzene rings is 1. The zero-order chi connectivity index (χ0) is 32.1.